The van der Waals surface area contributed by atoms with Gasteiger partial charge in [-0.25, -0.2) is 4.79 Å². The van der Waals surface area contributed by atoms with Crippen molar-refractivity contribution in [2.75, 3.05) is 11.1 Å². The van der Waals surface area contributed by atoms with E-state index in [-0.39, 0.29) is 5.75 Å². The molecule has 2 rings (SSSR count). The Morgan fingerprint density at radius 2 is 1.96 bits per heavy atom. The largest absolute Gasteiger partial charge is 0.618 e. The van der Waals surface area contributed by atoms with Gasteiger partial charge < -0.3 is 10.5 Å². The lowest BCUT2D eigenvalue weighted by Crippen LogP contribution is -2.36. The van der Waals surface area contributed by atoms with Gasteiger partial charge >= 0.3 is 6.03 Å². The van der Waals surface area contributed by atoms with Gasteiger partial charge in [-0.1, -0.05) is 12.1 Å². The Labute approximate surface area is 138 Å². The highest BCUT2D eigenvalue weighted by atomic mass is 32.2. The number of amides is 3. The zero-order valence-electron chi connectivity index (χ0n) is 12.8. The van der Waals surface area contributed by atoms with Crippen LogP contribution >= 0.6 is 11.8 Å². The van der Waals surface area contributed by atoms with Gasteiger partial charge in [-0.05, 0) is 48.9 Å². The second-order valence-corrected chi connectivity index (χ2v) is 5.90. The zero-order valence-corrected chi connectivity index (χ0v) is 13.6. The normalized spacial score (nSPS) is 10.2. The van der Waals surface area contributed by atoms with Crippen molar-refractivity contribution < 1.29 is 14.3 Å². The van der Waals surface area contributed by atoms with Crippen molar-refractivity contribution in [2.45, 2.75) is 18.9 Å². The van der Waals surface area contributed by atoms with E-state index in [0.29, 0.717) is 15.4 Å². The maximum atomic E-state index is 11.8. The highest BCUT2D eigenvalue weighted by Crippen LogP contribution is 2.17. The summed E-state index contributed by atoms with van der Waals surface area (Å²) < 4.78 is 0.675. The van der Waals surface area contributed by atoms with Crippen LogP contribution in [0.1, 0.15) is 11.1 Å². The van der Waals surface area contributed by atoms with E-state index in [1.807, 2.05) is 26.0 Å². The summed E-state index contributed by atoms with van der Waals surface area (Å²) in [5.41, 5.74) is 2.65. The molecule has 0 aliphatic carbocycles. The third kappa shape index (κ3) is 4.72. The average molecular weight is 331 g/mol. The number of nitrogens with one attached hydrogen (secondary N) is 2. The van der Waals surface area contributed by atoms with Crippen LogP contribution in [0.25, 0.3) is 0 Å². The van der Waals surface area contributed by atoms with E-state index in [1.165, 1.54) is 6.20 Å². The minimum Gasteiger partial charge on any atom is -0.618 e. The van der Waals surface area contributed by atoms with E-state index >= 15 is 0 Å². The van der Waals surface area contributed by atoms with Crippen LogP contribution in [0.4, 0.5) is 10.5 Å². The quantitative estimate of drug-likeness (QED) is 0.512. The highest BCUT2D eigenvalue weighted by Gasteiger charge is 2.12. The van der Waals surface area contributed by atoms with Gasteiger partial charge in [0.2, 0.25) is 5.91 Å². The summed E-state index contributed by atoms with van der Waals surface area (Å²) in [6.45, 7) is 3.84. The van der Waals surface area contributed by atoms with Crippen molar-refractivity contribution in [3.8, 4) is 0 Å². The first-order valence-corrected chi connectivity index (χ1v) is 7.94. The van der Waals surface area contributed by atoms with Gasteiger partial charge in [-0.15, -0.1) is 0 Å². The molecule has 0 saturated carbocycles. The summed E-state index contributed by atoms with van der Waals surface area (Å²) >= 11 is 1.07. The van der Waals surface area contributed by atoms with Crippen molar-refractivity contribution in [1.82, 2.24) is 5.32 Å². The van der Waals surface area contributed by atoms with Crippen LogP contribution in [0, 0.1) is 19.1 Å². The predicted octanol–water partition coefficient (Wildman–Crippen LogP) is 2.38. The SMILES string of the molecule is Cc1cccc(NC(=O)NC(=O)CSc2cccc[n+]2[O-])c1C. The molecule has 0 radical (unpaired) electrons. The van der Waals surface area contributed by atoms with Gasteiger partial charge in [0, 0.05) is 17.8 Å². The molecular weight excluding hydrogens is 314 g/mol. The number of carbonyl (C=O) groups excluding carboxylic acids is 2. The van der Waals surface area contributed by atoms with Crippen LogP contribution in [0.3, 0.4) is 0 Å². The number of aryl methyl sites for hydroxylation is 1. The summed E-state index contributed by atoms with van der Waals surface area (Å²) in [5.74, 6) is -0.492. The molecule has 0 atom stereocenters. The molecule has 3 amide bonds. The molecule has 23 heavy (non-hydrogen) atoms. The molecular formula is C16H17N3O3S. The van der Waals surface area contributed by atoms with E-state index in [9.17, 15) is 14.8 Å². The van der Waals surface area contributed by atoms with E-state index < -0.39 is 11.9 Å². The number of urea groups is 1. The van der Waals surface area contributed by atoms with Crippen LogP contribution < -0.4 is 15.4 Å². The van der Waals surface area contributed by atoms with Crippen LogP contribution in [0.15, 0.2) is 47.6 Å². The maximum absolute atomic E-state index is 11.8. The second kappa shape index (κ2) is 7.64. The first kappa shape index (κ1) is 16.8. The van der Waals surface area contributed by atoms with E-state index in [4.69, 9.17) is 0 Å². The lowest BCUT2D eigenvalue weighted by Gasteiger charge is -2.10. The molecule has 120 valence electrons. The highest BCUT2D eigenvalue weighted by molar-refractivity contribution is 7.99. The Balaban J connectivity index is 1.86. The molecule has 0 unspecified atom stereocenters. The van der Waals surface area contributed by atoms with Gasteiger partial charge in [0.15, 0.2) is 6.20 Å². The van der Waals surface area contributed by atoms with E-state index in [0.717, 1.165) is 22.9 Å². The first-order valence-electron chi connectivity index (χ1n) is 6.95. The summed E-state index contributed by atoms with van der Waals surface area (Å²) in [6, 6.07) is 9.88. The lowest BCUT2D eigenvalue weighted by atomic mass is 10.1. The van der Waals surface area contributed by atoms with Gasteiger partial charge in [-0.2, -0.15) is 4.73 Å². The molecule has 6 nitrogen and oxygen atoms in total. The first-order chi connectivity index (χ1) is 11.0. The number of carbonyl (C=O) groups is 2. The minimum absolute atomic E-state index is 0.0214. The van der Waals surface area contributed by atoms with Crippen molar-refractivity contribution >= 4 is 29.4 Å². The molecule has 0 bridgehead atoms. The van der Waals surface area contributed by atoms with Crippen molar-refractivity contribution in [1.29, 1.82) is 0 Å². The van der Waals surface area contributed by atoms with Gasteiger partial charge in [-0.3, -0.25) is 10.1 Å². The van der Waals surface area contributed by atoms with Gasteiger partial charge in [0.1, 0.15) is 0 Å². The fourth-order valence-corrected chi connectivity index (χ4v) is 2.58. The van der Waals surface area contributed by atoms with Crippen LogP contribution in [0.2, 0.25) is 0 Å². The number of thioether (sulfide) groups is 1. The smallest absolute Gasteiger partial charge is 0.325 e. The molecule has 0 aliphatic heterocycles. The summed E-state index contributed by atoms with van der Waals surface area (Å²) in [6.07, 6.45) is 1.35. The molecule has 1 aromatic heterocycles. The number of anilines is 1. The molecule has 2 aromatic rings. The Morgan fingerprint density at radius 3 is 2.70 bits per heavy atom. The molecule has 0 saturated heterocycles. The standard InChI is InChI=1S/C16H17N3O3S/c1-11-6-5-7-13(12(11)2)17-16(21)18-14(20)10-23-15-8-3-4-9-19(15)22/h3-9H,10H2,1-2H3,(H2,17,18,20,21). The lowest BCUT2D eigenvalue weighted by molar-refractivity contribution is -0.645. The Morgan fingerprint density at radius 1 is 1.17 bits per heavy atom. The summed E-state index contributed by atoms with van der Waals surface area (Å²) in [7, 11) is 0. The number of benzene rings is 1. The molecule has 0 aliphatic rings. The Hall–Kier alpha value is -2.54. The third-order valence-electron chi connectivity index (χ3n) is 3.25. The number of imide groups is 1. The molecule has 0 fully saturated rings. The van der Waals surface area contributed by atoms with Gasteiger partial charge in [0.25, 0.3) is 5.03 Å². The summed E-state index contributed by atoms with van der Waals surface area (Å²) in [4.78, 5) is 23.6. The monoisotopic (exact) mass is 331 g/mol. The van der Waals surface area contributed by atoms with Crippen LogP contribution in [-0.2, 0) is 4.79 Å². The van der Waals surface area contributed by atoms with E-state index in [1.54, 1.807) is 24.3 Å². The summed E-state index contributed by atoms with van der Waals surface area (Å²) in [5, 5.41) is 16.7. The minimum atomic E-state index is -0.590. The molecule has 2 N–H and O–H groups in total. The topological polar surface area (TPSA) is 85.1 Å². The molecule has 0 spiro atoms. The predicted molar refractivity (Wildman–Crippen MR) is 89.2 cm³/mol. The fraction of sp³-hybridized carbons (Fsp3) is 0.188. The van der Waals surface area contributed by atoms with Crippen molar-refractivity contribution in [3.05, 3.63) is 58.9 Å². The molecule has 7 heteroatoms. The number of aromatic nitrogens is 1. The number of nitrogens with zero attached hydrogens (tertiary/aromatic N) is 1. The average Bonchev–Trinajstić information content (AvgIpc) is 2.51. The number of pyridine rings is 1. The zero-order chi connectivity index (χ0) is 16.8. The third-order valence-corrected chi connectivity index (χ3v) is 4.26. The number of hydrogen-bond acceptors (Lipinski definition) is 4. The maximum Gasteiger partial charge on any atom is 0.325 e. The van der Waals surface area contributed by atoms with Gasteiger partial charge in [0.05, 0.1) is 5.75 Å². The van der Waals surface area contributed by atoms with E-state index in [2.05, 4.69) is 10.6 Å². The van der Waals surface area contributed by atoms with Crippen LogP contribution in [0.5, 0.6) is 0 Å². The Bertz CT molecular complexity index is 734. The fourth-order valence-electron chi connectivity index (χ4n) is 1.87. The van der Waals surface area contributed by atoms with Crippen molar-refractivity contribution in [2.24, 2.45) is 0 Å². The molecule has 1 heterocycles. The van der Waals surface area contributed by atoms with Crippen LogP contribution in [-0.4, -0.2) is 17.7 Å². The van der Waals surface area contributed by atoms with Crippen molar-refractivity contribution in [3.63, 3.8) is 0 Å². The second-order valence-electron chi connectivity index (χ2n) is 4.90. The molecule has 1 aromatic carbocycles. The Kier molecular flexibility index (Phi) is 5.59. The number of rotatable bonds is 4. The number of hydrogen-bond donors (Lipinski definition) is 2.